The third-order valence-electron chi connectivity index (χ3n) is 5.74. The van der Waals surface area contributed by atoms with Gasteiger partial charge < -0.3 is 15.4 Å². The minimum Gasteiger partial charge on any atom is -0.495 e. The Morgan fingerprint density at radius 1 is 1.06 bits per heavy atom. The molecule has 34 heavy (non-hydrogen) atoms. The number of hydrogen-bond acceptors (Lipinski definition) is 5. The lowest BCUT2D eigenvalue weighted by Crippen LogP contribution is -2.47. The zero-order chi connectivity index (χ0) is 24.9. The lowest BCUT2D eigenvalue weighted by Gasteiger charge is -2.26. The summed E-state index contributed by atoms with van der Waals surface area (Å²) >= 11 is 0. The van der Waals surface area contributed by atoms with Gasteiger partial charge in [-0.15, -0.1) is 0 Å². The summed E-state index contributed by atoms with van der Waals surface area (Å²) in [5.74, 6) is -2.05. The number of amides is 2. The minimum atomic E-state index is -3.73. The summed E-state index contributed by atoms with van der Waals surface area (Å²) in [6, 6.07) is 8.77. The monoisotopic (exact) mass is 491 g/mol. The SMILES string of the molecule is COc1ccc(S(=O)(=O)N2CCCCC2)cc1NC(=O)C(NC(=O)c1ccccc1F)C(C)C. The molecule has 1 fully saturated rings. The quantitative estimate of drug-likeness (QED) is 0.589. The summed E-state index contributed by atoms with van der Waals surface area (Å²) in [6.45, 7) is 4.38. The number of piperidine rings is 1. The van der Waals surface area contributed by atoms with Crippen molar-refractivity contribution in [2.45, 2.75) is 44.0 Å². The Bertz CT molecular complexity index is 1150. The highest BCUT2D eigenvalue weighted by Gasteiger charge is 2.29. The van der Waals surface area contributed by atoms with E-state index in [9.17, 15) is 22.4 Å². The third-order valence-corrected chi connectivity index (χ3v) is 7.63. The van der Waals surface area contributed by atoms with E-state index < -0.39 is 33.7 Å². The van der Waals surface area contributed by atoms with Crippen LogP contribution in [0.4, 0.5) is 10.1 Å². The first-order valence-electron chi connectivity index (χ1n) is 11.2. The van der Waals surface area contributed by atoms with E-state index in [1.54, 1.807) is 13.8 Å². The van der Waals surface area contributed by atoms with Gasteiger partial charge in [-0.25, -0.2) is 12.8 Å². The van der Waals surface area contributed by atoms with Crippen LogP contribution in [-0.2, 0) is 14.8 Å². The summed E-state index contributed by atoms with van der Waals surface area (Å²) in [6.07, 6.45) is 2.60. The van der Waals surface area contributed by atoms with E-state index in [1.807, 2.05) is 0 Å². The number of ether oxygens (including phenoxy) is 1. The maximum Gasteiger partial charge on any atom is 0.254 e. The maximum atomic E-state index is 14.0. The van der Waals surface area contributed by atoms with Gasteiger partial charge in [0.1, 0.15) is 17.6 Å². The summed E-state index contributed by atoms with van der Waals surface area (Å²) in [5.41, 5.74) is -0.00970. The van der Waals surface area contributed by atoms with Crippen LogP contribution < -0.4 is 15.4 Å². The fraction of sp³-hybridized carbons (Fsp3) is 0.417. The van der Waals surface area contributed by atoms with E-state index in [-0.39, 0.29) is 27.8 Å². The topological polar surface area (TPSA) is 105 Å². The normalized spacial score (nSPS) is 15.6. The van der Waals surface area contributed by atoms with Crippen molar-refractivity contribution in [2.24, 2.45) is 5.92 Å². The molecule has 0 radical (unpaired) electrons. The maximum absolute atomic E-state index is 14.0. The molecule has 1 aliphatic heterocycles. The second kappa shape index (κ2) is 11.0. The van der Waals surface area contributed by atoms with Crippen molar-refractivity contribution in [2.75, 3.05) is 25.5 Å². The Balaban J connectivity index is 1.84. The summed E-state index contributed by atoms with van der Waals surface area (Å²) in [7, 11) is -2.32. The van der Waals surface area contributed by atoms with Gasteiger partial charge in [-0.1, -0.05) is 32.4 Å². The van der Waals surface area contributed by atoms with Gasteiger partial charge in [0.2, 0.25) is 15.9 Å². The molecule has 2 N–H and O–H groups in total. The first-order valence-corrected chi connectivity index (χ1v) is 12.6. The van der Waals surface area contributed by atoms with E-state index in [0.29, 0.717) is 13.1 Å². The zero-order valence-corrected chi connectivity index (χ0v) is 20.3. The Hall–Kier alpha value is -2.98. The van der Waals surface area contributed by atoms with Crippen molar-refractivity contribution in [1.82, 2.24) is 9.62 Å². The largest absolute Gasteiger partial charge is 0.495 e. The van der Waals surface area contributed by atoms with Crippen molar-refractivity contribution < 1.29 is 27.1 Å². The lowest BCUT2D eigenvalue weighted by molar-refractivity contribution is -0.118. The predicted octanol–water partition coefficient (Wildman–Crippen LogP) is 3.40. The van der Waals surface area contributed by atoms with Crippen molar-refractivity contribution in [3.63, 3.8) is 0 Å². The first-order chi connectivity index (χ1) is 16.1. The van der Waals surface area contributed by atoms with Crippen LogP contribution in [0.3, 0.4) is 0 Å². The first kappa shape index (κ1) is 25.6. The molecule has 1 heterocycles. The van der Waals surface area contributed by atoms with Crippen LogP contribution in [0.2, 0.25) is 0 Å². The Kier molecular flexibility index (Phi) is 8.27. The molecular formula is C24H30FN3O5S. The van der Waals surface area contributed by atoms with E-state index in [4.69, 9.17) is 4.74 Å². The molecule has 0 bridgehead atoms. The van der Waals surface area contributed by atoms with Crippen LogP contribution in [0.5, 0.6) is 5.75 Å². The molecule has 1 aliphatic rings. The van der Waals surface area contributed by atoms with Crippen LogP contribution in [0.15, 0.2) is 47.4 Å². The standard InChI is InChI=1S/C24H30FN3O5S/c1-16(2)22(27-23(29)18-9-5-6-10-19(18)25)24(30)26-20-15-17(11-12-21(20)33-3)34(31,32)28-13-7-4-8-14-28/h5-6,9-12,15-16,22H,4,7-8,13-14H2,1-3H3,(H,26,30)(H,27,29). The molecule has 2 aromatic carbocycles. The molecule has 184 valence electrons. The molecule has 0 saturated carbocycles. The average Bonchev–Trinajstić information content (AvgIpc) is 2.82. The van der Waals surface area contributed by atoms with Crippen molar-refractivity contribution in [3.8, 4) is 5.75 Å². The zero-order valence-electron chi connectivity index (χ0n) is 19.5. The molecule has 8 nitrogen and oxygen atoms in total. The second-order valence-electron chi connectivity index (χ2n) is 8.49. The molecule has 0 aliphatic carbocycles. The van der Waals surface area contributed by atoms with Gasteiger partial charge in [-0.2, -0.15) is 4.31 Å². The number of halogens is 1. The highest BCUT2D eigenvalue weighted by atomic mass is 32.2. The third kappa shape index (κ3) is 5.74. The number of hydrogen-bond donors (Lipinski definition) is 2. The van der Waals surface area contributed by atoms with Crippen molar-refractivity contribution >= 4 is 27.5 Å². The van der Waals surface area contributed by atoms with Crippen LogP contribution in [0.1, 0.15) is 43.5 Å². The number of methoxy groups -OCH3 is 1. The lowest BCUT2D eigenvalue weighted by atomic mass is 10.0. The highest BCUT2D eigenvalue weighted by Crippen LogP contribution is 2.30. The highest BCUT2D eigenvalue weighted by molar-refractivity contribution is 7.89. The van der Waals surface area contributed by atoms with Crippen LogP contribution in [0.25, 0.3) is 0 Å². The predicted molar refractivity (Wildman–Crippen MR) is 127 cm³/mol. The van der Waals surface area contributed by atoms with Crippen LogP contribution in [0, 0.1) is 11.7 Å². The van der Waals surface area contributed by atoms with E-state index in [0.717, 1.165) is 19.3 Å². The molecule has 0 aromatic heterocycles. The van der Waals surface area contributed by atoms with E-state index in [2.05, 4.69) is 10.6 Å². The van der Waals surface area contributed by atoms with Crippen molar-refractivity contribution in [1.29, 1.82) is 0 Å². The molecular weight excluding hydrogens is 461 g/mol. The second-order valence-corrected chi connectivity index (χ2v) is 10.4. The molecule has 1 saturated heterocycles. The molecule has 10 heteroatoms. The van der Waals surface area contributed by atoms with Gasteiger partial charge in [0.25, 0.3) is 5.91 Å². The number of rotatable bonds is 8. The number of carbonyl (C=O) groups excluding carboxylic acids is 2. The van der Waals surface area contributed by atoms with Crippen LogP contribution >= 0.6 is 0 Å². The van der Waals surface area contributed by atoms with Gasteiger partial charge in [0.15, 0.2) is 0 Å². The van der Waals surface area contributed by atoms with Gasteiger partial charge in [0, 0.05) is 13.1 Å². The van der Waals surface area contributed by atoms with E-state index >= 15 is 0 Å². The number of benzene rings is 2. The van der Waals surface area contributed by atoms with Gasteiger partial charge in [-0.3, -0.25) is 9.59 Å². The Morgan fingerprint density at radius 3 is 2.35 bits per heavy atom. The molecule has 2 aromatic rings. The Labute approximate surface area is 199 Å². The summed E-state index contributed by atoms with van der Waals surface area (Å²) in [4.78, 5) is 25.7. The molecule has 1 unspecified atom stereocenters. The smallest absolute Gasteiger partial charge is 0.254 e. The van der Waals surface area contributed by atoms with Gasteiger partial charge in [-0.05, 0) is 49.1 Å². The summed E-state index contributed by atoms with van der Waals surface area (Å²) < 4.78 is 46.9. The van der Waals surface area contributed by atoms with Crippen molar-refractivity contribution in [3.05, 3.63) is 53.8 Å². The number of anilines is 1. The molecule has 2 amide bonds. The number of sulfonamides is 1. The van der Waals surface area contributed by atoms with Gasteiger partial charge >= 0.3 is 0 Å². The average molecular weight is 492 g/mol. The number of nitrogens with zero attached hydrogens (tertiary/aromatic N) is 1. The number of carbonyl (C=O) groups is 2. The molecule has 1 atom stereocenters. The molecule has 0 spiro atoms. The Morgan fingerprint density at radius 2 is 1.74 bits per heavy atom. The van der Waals surface area contributed by atoms with E-state index in [1.165, 1.54) is 53.9 Å². The minimum absolute atomic E-state index is 0.0435. The van der Waals surface area contributed by atoms with Crippen LogP contribution in [-0.4, -0.2) is 50.8 Å². The molecule has 3 rings (SSSR count). The van der Waals surface area contributed by atoms with Gasteiger partial charge in [0.05, 0.1) is 23.3 Å². The number of nitrogens with one attached hydrogen (secondary N) is 2. The fourth-order valence-corrected chi connectivity index (χ4v) is 5.35. The summed E-state index contributed by atoms with van der Waals surface area (Å²) in [5, 5.41) is 5.24. The fourth-order valence-electron chi connectivity index (χ4n) is 3.81.